The number of hydrogen-bond acceptors (Lipinski definition) is 4. The molecule has 1 aliphatic heterocycles. The third-order valence-corrected chi connectivity index (χ3v) is 5.62. The molecule has 164 valence electrons. The van der Waals surface area contributed by atoms with Crippen LogP contribution in [0.2, 0.25) is 0 Å². The summed E-state index contributed by atoms with van der Waals surface area (Å²) in [5, 5.41) is 10.0. The summed E-state index contributed by atoms with van der Waals surface area (Å²) < 4.78 is 1.69. The zero-order chi connectivity index (χ0) is 22.7. The number of anilines is 1. The van der Waals surface area contributed by atoms with E-state index in [1.54, 1.807) is 22.9 Å². The van der Waals surface area contributed by atoms with Crippen LogP contribution < -0.4 is 10.6 Å². The van der Waals surface area contributed by atoms with E-state index in [0.717, 1.165) is 16.2 Å². The summed E-state index contributed by atoms with van der Waals surface area (Å²) in [5.74, 6) is -0.392. The fraction of sp³-hybridized carbons (Fsp3) is 0.250. The number of rotatable bonds is 7. The molecule has 4 amide bonds. The molecule has 2 N–H and O–H groups in total. The van der Waals surface area contributed by atoms with E-state index in [4.69, 9.17) is 0 Å². The third-order valence-electron chi connectivity index (χ3n) is 5.62. The van der Waals surface area contributed by atoms with E-state index in [2.05, 4.69) is 15.7 Å². The van der Waals surface area contributed by atoms with Crippen LogP contribution >= 0.6 is 0 Å². The number of urea groups is 1. The molecule has 0 bridgehead atoms. The van der Waals surface area contributed by atoms with E-state index in [0.29, 0.717) is 24.3 Å². The Bertz CT molecular complexity index is 1140. The minimum atomic E-state index is -1.16. The highest BCUT2D eigenvalue weighted by Gasteiger charge is 2.51. The lowest BCUT2D eigenvalue weighted by molar-refractivity contribution is -0.134. The van der Waals surface area contributed by atoms with Gasteiger partial charge < -0.3 is 10.6 Å². The first-order valence-electron chi connectivity index (χ1n) is 10.5. The number of amides is 4. The first kappa shape index (κ1) is 21.3. The van der Waals surface area contributed by atoms with Crippen molar-refractivity contribution in [3.63, 3.8) is 0 Å². The van der Waals surface area contributed by atoms with Crippen LogP contribution in [0.1, 0.15) is 30.2 Å². The van der Waals surface area contributed by atoms with Gasteiger partial charge in [-0.1, -0.05) is 67.6 Å². The molecule has 0 aliphatic carbocycles. The first-order valence-corrected chi connectivity index (χ1v) is 10.5. The number of carbonyl (C=O) groups excluding carboxylic acids is 3. The van der Waals surface area contributed by atoms with Gasteiger partial charge >= 0.3 is 6.03 Å². The topological polar surface area (TPSA) is 96.3 Å². The largest absolute Gasteiger partial charge is 0.325 e. The van der Waals surface area contributed by atoms with E-state index in [9.17, 15) is 14.4 Å². The van der Waals surface area contributed by atoms with Crippen LogP contribution in [0.25, 0.3) is 0 Å². The van der Waals surface area contributed by atoms with Gasteiger partial charge in [0, 0.05) is 6.07 Å². The molecule has 8 heteroatoms. The van der Waals surface area contributed by atoms with Crippen LogP contribution in [0.5, 0.6) is 0 Å². The van der Waals surface area contributed by atoms with Crippen molar-refractivity contribution < 1.29 is 14.4 Å². The van der Waals surface area contributed by atoms with Crippen molar-refractivity contribution in [1.82, 2.24) is 20.0 Å². The minimum Gasteiger partial charge on any atom is -0.319 e. The number of nitrogens with zero attached hydrogens (tertiary/aromatic N) is 3. The van der Waals surface area contributed by atoms with E-state index in [1.165, 1.54) is 0 Å². The third kappa shape index (κ3) is 3.99. The van der Waals surface area contributed by atoms with Crippen molar-refractivity contribution in [3.8, 4) is 0 Å². The summed E-state index contributed by atoms with van der Waals surface area (Å²) in [6.45, 7) is 3.78. The molecule has 1 aromatic heterocycles. The van der Waals surface area contributed by atoms with Gasteiger partial charge in [-0.25, -0.2) is 9.48 Å². The Kier molecular flexibility index (Phi) is 5.77. The van der Waals surface area contributed by atoms with Crippen LogP contribution in [0.4, 0.5) is 10.6 Å². The van der Waals surface area contributed by atoms with Gasteiger partial charge in [0.1, 0.15) is 17.9 Å². The normalized spacial score (nSPS) is 18.0. The monoisotopic (exact) mass is 431 g/mol. The second kappa shape index (κ2) is 8.66. The number of aryl methyl sites for hydroxylation is 1. The Morgan fingerprint density at radius 3 is 2.38 bits per heavy atom. The molecular weight excluding hydrogens is 406 g/mol. The van der Waals surface area contributed by atoms with Crippen LogP contribution in [0.15, 0.2) is 66.7 Å². The molecule has 1 fully saturated rings. The van der Waals surface area contributed by atoms with Gasteiger partial charge in [-0.15, -0.1) is 0 Å². The van der Waals surface area contributed by atoms with Crippen molar-refractivity contribution in [2.24, 2.45) is 0 Å². The van der Waals surface area contributed by atoms with Crippen LogP contribution in [-0.2, 0) is 21.7 Å². The van der Waals surface area contributed by atoms with Gasteiger partial charge in [0.15, 0.2) is 0 Å². The number of benzene rings is 2. The second-order valence-electron chi connectivity index (χ2n) is 7.81. The van der Waals surface area contributed by atoms with Crippen molar-refractivity contribution in [2.75, 3.05) is 11.9 Å². The lowest BCUT2D eigenvalue weighted by Gasteiger charge is -2.25. The maximum Gasteiger partial charge on any atom is 0.325 e. The van der Waals surface area contributed by atoms with Crippen LogP contribution in [-0.4, -0.2) is 39.1 Å². The number of nitrogens with one attached hydrogen (secondary N) is 2. The molecule has 2 heterocycles. The average Bonchev–Trinajstić information content (AvgIpc) is 3.26. The molecule has 1 unspecified atom stereocenters. The van der Waals surface area contributed by atoms with Gasteiger partial charge in [-0.3, -0.25) is 14.5 Å². The Balaban J connectivity index is 1.49. The summed E-state index contributed by atoms with van der Waals surface area (Å²) >= 11 is 0. The van der Waals surface area contributed by atoms with Crippen LogP contribution in [0, 0.1) is 6.92 Å². The van der Waals surface area contributed by atoms with Crippen molar-refractivity contribution in [3.05, 3.63) is 83.6 Å². The smallest absolute Gasteiger partial charge is 0.319 e. The molecule has 3 aromatic rings. The Labute approximate surface area is 186 Å². The van der Waals surface area contributed by atoms with Gasteiger partial charge in [-0.05, 0) is 24.5 Å². The molecule has 8 nitrogen and oxygen atoms in total. The maximum absolute atomic E-state index is 13.2. The lowest BCUT2D eigenvalue weighted by atomic mass is 9.87. The summed E-state index contributed by atoms with van der Waals surface area (Å²) in [4.78, 5) is 39.6. The molecule has 0 saturated carbocycles. The van der Waals surface area contributed by atoms with E-state index in [-0.39, 0.29) is 6.54 Å². The zero-order valence-corrected chi connectivity index (χ0v) is 18.0. The Morgan fingerprint density at radius 2 is 1.72 bits per heavy atom. The molecule has 1 aliphatic rings. The fourth-order valence-corrected chi connectivity index (χ4v) is 3.98. The molecule has 2 aromatic carbocycles. The summed E-state index contributed by atoms with van der Waals surface area (Å²) in [6, 6.07) is 20.0. The molecule has 1 atom stereocenters. The molecule has 0 radical (unpaired) electrons. The predicted molar refractivity (Wildman–Crippen MR) is 120 cm³/mol. The highest BCUT2D eigenvalue weighted by atomic mass is 16.2. The first-order chi connectivity index (χ1) is 15.4. The standard InChI is InChI=1S/C24H25N5O3/c1-3-24(19-12-8-5-9-13-19)22(31)28(23(32)26-24)16-21(30)25-20-14-17(2)27-29(20)15-18-10-6-4-7-11-18/h4-14H,3,15-16H2,1-2H3,(H,25,30)(H,26,32). The van der Waals surface area contributed by atoms with Crippen molar-refractivity contribution >= 4 is 23.7 Å². The highest BCUT2D eigenvalue weighted by molar-refractivity contribution is 6.10. The SMILES string of the molecule is CCC1(c2ccccc2)NC(=O)N(CC(=O)Nc2cc(C)nn2Cc2ccccc2)C1=O. The maximum atomic E-state index is 13.2. The Hall–Kier alpha value is -3.94. The predicted octanol–water partition coefficient (Wildman–Crippen LogP) is 3.04. The molecular formula is C24H25N5O3. The lowest BCUT2D eigenvalue weighted by Crippen LogP contribution is -2.44. The van der Waals surface area contributed by atoms with Gasteiger partial charge in [-0.2, -0.15) is 5.10 Å². The quantitative estimate of drug-likeness (QED) is 0.562. The van der Waals surface area contributed by atoms with Crippen molar-refractivity contribution in [1.29, 1.82) is 0 Å². The minimum absolute atomic E-state index is 0.378. The average molecular weight is 431 g/mol. The summed E-state index contributed by atoms with van der Waals surface area (Å²) in [6.07, 6.45) is 0.378. The second-order valence-corrected chi connectivity index (χ2v) is 7.81. The van der Waals surface area contributed by atoms with E-state index < -0.39 is 23.4 Å². The fourth-order valence-electron chi connectivity index (χ4n) is 3.98. The molecule has 4 rings (SSSR count). The van der Waals surface area contributed by atoms with Gasteiger partial charge in [0.2, 0.25) is 5.91 Å². The molecule has 1 saturated heterocycles. The van der Waals surface area contributed by atoms with Crippen molar-refractivity contribution in [2.45, 2.75) is 32.4 Å². The molecule has 32 heavy (non-hydrogen) atoms. The highest BCUT2D eigenvalue weighted by Crippen LogP contribution is 2.32. The summed E-state index contributed by atoms with van der Waals surface area (Å²) in [7, 11) is 0. The van der Waals surface area contributed by atoms with E-state index in [1.807, 2.05) is 62.4 Å². The van der Waals surface area contributed by atoms with E-state index >= 15 is 0 Å². The Morgan fingerprint density at radius 1 is 1.06 bits per heavy atom. The number of carbonyl (C=O) groups is 3. The van der Waals surface area contributed by atoms with Crippen LogP contribution in [0.3, 0.4) is 0 Å². The summed E-state index contributed by atoms with van der Waals surface area (Å²) in [5.41, 5.74) is 1.32. The number of aromatic nitrogens is 2. The molecule has 0 spiro atoms. The number of imide groups is 1. The van der Waals surface area contributed by atoms with Gasteiger partial charge in [0.05, 0.1) is 12.2 Å². The zero-order valence-electron chi connectivity index (χ0n) is 18.0. The number of hydrogen-bond donors (Lipinski definition) is 2. The van der Waals surface area contributed by atoms with Gasteiger partial charge in [0.25, 0.3) is 5.91 Å².